The van der Waals surface area contributed by atoms with E-state index in [-0.39, 0.29) is 5.69 Å². The fourth-order valence-corrected chi connectivity index (χ4v) is 1.63. The van der Waals surface area contributed by atoms with Crippen LogP contribution >= 0.6 is 0 Å². The van der Waals surface area contributed by atoms with Crippen LogP contribution < -0.4 is 5.32 Å². The van der Waals surface area contributed by atoms with E-state index >= 15 is 0 Å². The zero-order valence-corrected chi connectivity index (χ0v) is 10.0. The van der Waals surface area contributed by atoms with Crippen molar-refractivity contribution in [3.63, 3.8) is 0 Å². The third-order valence-electron chi connectivity index (χ3n) is 2.56. The molecule has 94 valence electrons. The summed E-state index contributed by atoms with van der Waals surface area (Å²) in [4.78, 5) is 10.1. The minimum absolute atomic E-state index is 0.102. The van der Waals surface area contributed by atoms with Gasteiger partial charge in [-0.15, -0.1) is 0 Å². The van der Waals surface area contributed by atoms with Crippen LogP contribution in [0, 0.1) is 10.1 Å². The van der Waals surface area contributed by atoms with Crippen LogP contribution in [0.2, 0.25) is 0 Å². The van der Waals surface area contributed by atoms with Crippen molar-refractivity contribution in [2.75, 3.05) is 11.9 Å². The Bertz CT molecular complexity index is 533. The molecule has 0 radical (unpaired) electrons. The zero-order chi connectivity index (χ0) is 13.0. The third-order valence-corrected chi connectivity index (χ3v) is 2.56. The highest BCUT2D eigenvalue weighted by molar-refractivity contribution is 5.48. The van der Waals surface area contributed by atoms with Crippen LogP contribution in [0.15, 0.2) is 36.5 Å². The van der Waals surface area contributed by atoms with Gasteiger partial charge in [0, 0.05) is 44.0 Å². The smallest absolute Gasteiger partial charge is 0.269 e. The summed E-state index contributed by atoms with van der Waals surface area (Å²) in [7, 11) is 1.88. The van der Waals surface area contributed by atoms with Gasteiger partial charge in [-0.25, -0.2) is 0 Å². The Morgan fingerprint density at radius 1 is 1.33 bits per heavy atom. The van der Waals surface area contributed by atoms with Crippen molar-refractivity contribution in [3.8, 4) is 0 Å². The first-order chi connectivity index (χ1) is 8.65. The average Bonchev–Trinajstić information content (AvgIpc) is 2.76. The monoisotopic (exact) mass is 246 g/mol. The highest BCUT2D eigenvalue weighted by Gasteiger charge is 2.03. The number of rotatable bonds is 5. The largest absolute Gasteiger partial charge is 0.385 e. The summed E-state index contributed by atoms with van der Waals surface area (Å²) in [6.45, 7) is 0.745. The van der Waals surface area contributed by atoms with Gasteiger partial charge in [0.1, 0.15) is 0 Å². The second kappa shape index (κ2) is 5.31. The van der Waals surface area contributed by atoms with Crippen LogP contribution in [0.5, 0.6) is 0 Å². The second-order valence-corrected chi connectivity index (χ2v) is 3.96. The van der Waals surface area contributed by atoms with Crippen molar-refractivity contribution in [2.24, 2.45) is 7.05 Å². The van der Waals surface area contributed by atoms with Crippen molar-refractivity contribution in [1.29, 1.82) is 0 Å². The molecule has 0 unspecified atom stereocenters. The van der Waals surface area contributed by atoms with E-state index in [0.29, 0.717) is 0 Å². The molecule has 0 amide bonds. The molecule has 6 nitrogen and oxygen atoms in total. The maximum atomic E-state index is 10.5. The van der Waals surface area contributed by atoms with Gasteiger partial charge in [0.15, 0.2) is 0 Å². The molecule has 1 N–H and O–H groups in total. The van der Waals surface area contributed by atoms with E-state index in [1.54, 1.807) is 16.8 Å². The van der Waals surface area contributed by atoms with Gasteiger partial charge in [-0.1, -0.05) is 0 Å². The third kappa shape index (κ3) is 3.07. The van der Waals surface area contributed by atoms with Crippen molar-refractivity contribution in [2.45, 2.75) is 6.42 Å². The predicted octanol–water partition coefficient (Wildman–Crippen LogP) is 1.98. The average molecular weight is 246 g/mol. The second-order valence-electron chi connectivity index (χ2n) is 3.96. The summed E-state index contributed by atoms with van der Waals surface area (Å²) in [5.74, 6) is 0. The Balaban J connectivity index is 1.85. The molecular formula is C12H14N4O2. The Morgan fingerprint density at radius 2 is 2.06 bits per heavy atom. The summed E-state index contributed by atoms with van der Waals surface area (Å²) in [6.07, 6.45) is 2.72. The first kappa shape index (κ1) is 12.1. The number of hydrogen-bond donors (Lipinski definition) is 1. The molecule has 0 aliphatic carbocycles. The van der Waals surface area contributed by atoms with Crippen molar-refractivity contribution < 1.29 is 4.92 Å². The topological polar surface area (TPSA) is 73.0 Å². The molecule has 18 heavy (non-hydrogen) atoms. The van der Waals surface area contributed by atoms with Crippen LogP contribution in [0.4, 0.5) is 11.4 Å². The molecule has 0 fully saturated rings. The molecule has 0 saturated carbocycles. The number of anilines is 1. The van der Waals surface area contributed by atoms with Gasteiger partial charge in [0.25, 0.3) is 5.69 Å². The molecule has 1 heterocycles. The van der Waals surface area contributed by atoms with E-state index < -0.39 is 4.92 Å². The number of nitro benzene ring substituents is 1. The maximum Gasteiger partial charge on any atom is 0.269 e. The Morgan fingerprint density at radius 3 is 2.61 bits per heavy atom. The lowest BCUT2D eigenvalue weighted by Gasteiger charge is -2.04. The SMILES string of the molecule is Cn1ccc(CCNc2ccc([N+](=O)[O-])cc2)n1. The highest BCUT2D eigenvalue weighted by atomic mass is 16.6. The first-order valence-electron chi connectivity index (χ1n) is 5.62. The van der Waals surface area contributed by atoms with Gasteiger partial charge in [0.05, 0.1) is 10.6 Å². The Labute approximate surface area is 104 Å². The summed E-state index contributed by atoms with van der Waals surface area (Å²) in [5, 5.41) is 18.0. The summed E-state index contributed by atoms with van der Waals surface area (Å²) >= 11 is 0. The summed E-state index contributed by atoms with van der Waals surface area (Å²) in [5.41, 5.74) is 1.99. The van der Waals surface area contributed by atoms with Crippen molar-refractivity contribution >= 4 is 11.4 Å². The molecule has 0 aliphatic rings. The van der Waals surface area contributed by atoms with Crippen molar-refractivity contribution in [1.82, 2.24) is 9.78 Å². The van der Waals surface area contributed by atoms with Crippen molar-refractivity contribution in [3.05, 3.63) is 52.3 Å². The van der Waals surface area contributed by atoms with Gasteiger partial charge in [0.2, 0.25) is 0 Å². The molecule has 0 atom stereocenters. The summed E-state index contributed by atoms with van der Waals surface area (Å²) in [6, 6.07) is 8.36. The van der Waals surface area contributed by atoms with Gasteiger partial charge in [-0.05, 0) is 18.2 Å². The lowest BCUT2D eigenvalue weighted by atomic mass is 10.2. The zero-order valence-electron chi connectivity index (χ0n) is 10.0. The lowest BCUT2D eigenvalue weighted by Crippen LogP contribution is -2.05. The van der Waals surface area contributed by atoms with Crippen LogP contribution in [0.25, 0.3) is 0 Å². The maximum absolute atomic E-state index is 10.5. The number of hydrogen-bond acceptors (Lipinski definition) is 4. The molecule has 0 aliphatic heterocycles. The molecule has 6 heteroatoms. The molecule has 2 aromatic rings. The minimum Gasteiger partial charge on any atom is -0.385 e. The van der Waals surface area contributed by atoms with E-state index in [0.717, 1.165) is 24.3 Å². The number of non-ortho nitro benzene ring substituents is 1. The number of aromatic nitrogens is 2. The fraction of sp³-hybridized carbons (Fsp3) is 0.250. The van der Waals surface area contributed by atoms with E-state index in [2.05, 4.69) is 10.4 Å². The van der Waals surface area contributed by atoms with Crippen LogP contribution in [-0.2, 0) is 13.5 Å². The van der Waals surface area contributed by atoms with Crippen LogP contribution in [-0.4, -0.2) is 21.2 Å². The van der Waals surface area contributed by atoms with E-state index in [1.165, 1.54) is 12.1 Å². The van der Waals surface area contributed by atoms with E-state index in [1.807, 2.05) is 19.3 Å². The number of nitrogens with zero attached hydrogens (tertiary/aromatic N) is 3. The normalized spacial score (nSPS) is 10.3. The molecule has 1 aromatic carbocycles. The molecule has 0 saturated heterocycles. The first-order valence-corrected chi connectivity index (χ1v) is 5.62. The number of benzene rings is 1. The van der Waals surface area contributed by atoms with Crippen LogP contribution in [0.3, 0.4) is 0 Å². The highest BCUT2D eigenvalue weighted by Crippen LogP contribution is 2.15. The van der Waals surface area contributed by atoms with Gasteiger partial charge < -0.3 is 5.32 Å². The van der Waals surface area contributed by atoms with Gasteiger partial charge in [-0.3, -0.25) is 14.8 Å². The fourth-order valence-electron chi connectivity index (χ4n) is 1.63. The summed E-state index contributed by atoms with van der Waals surface area (Å²) < 4.78 is 1.77. The predicted molar refractivity (Wildman–Crippen MR) is 68.5 cm³/mol. The molecular weight excluding hydrogens is 232 g/mol. The lowest BCUT2D eigenvalue weighted by molar-refractivity contribution is -0.384. The van der Waals surface area contributed by atoms with Crippen LogP contribution in [0.1, 0.15) is 5.69 Å². The minimum atomic E-state index is -0.405. The number of nitro groups is 1. The quantitative estimate of drug-likeness (QED) is 0.646. The van der Waals surface area contributed by atoms with E-state index in [9.17, 15) is 10.1 Å². The Kier molecular flexibility index (Phi) is 3.57. The molecule has 0 bridgehead atoms. The van der Waals surface area contributed by atoms with Gasteiger partial charge >= 0.3 is 0 Å². The molecule has 1 aromatic heterocycles. The number of aryl methyl sites for hydroxylation is 1. The standard InChI is InChI=1S/C12H14N4O2/c1-15-9-7-11(14-15)6-8-13-10-2-4-12(5-3-10)16(17)18/h2-5,7,9,13H,6,8H2,1H3. The molecule has 2 rings (SSSR count). The van der Waals surface area contributed by atoms with E-state index in [4.69, 9.17) is 0 Å². The molecule has 0 spiro atoms. The van der Waals surface area contributed by atoms with Gasteiger partial charge in [-0.2, -0.15) is 5.10 Å². The Hall–Kier alpha value is -2.37. The number of nitrogens with one attached hydrogen (secondary N) is 1.